The van der Waals surface area contributed by atoms with Crippen molar-refractivity contribution in [1.29, 1.82) is 0 Å². The molecule has 0 amide bonds. The van der Waals surface area contributed by atoms with Crippen LogP contribution >= 0.6 is 0 Å². The van der Waals surface area contributed by atoms with E-state index in [1.807, 2.05) is 12.1 Å². The molecule has 0 aliphatic carbocycles. The highest BCUT2D eigenvalue weighted by Crippen LogP contribution is 2.13. The van der Waals surface area contributed by atoms with Gasteiger partial charge in [-0.2, -0.15) is 0 Å². The molecule has 0 spiro atoms. The van der Waals surface area contributed by atoms with Crippen LogP contribution in [0.15, 0.2) is 30.3 Å². The topological polar surface area (TPSA) is 15.8 Å². The Morgan fingerprint density at radius 1 is 1.27 bits per heavy atom. The van der Waals surface area contributed by atoms with E-state index in [0.29, 0.717) is 6.32 Å². The first kappa shape index (κ1) is 6.53. The number of fused-ring (bicyclic) bond motifs is 1. The Labute approximate surface area is 66.8 Å². The van der Waals surface area contributed by atoms with Crippen LogP contribution in [0.1, 0.15) is 5.69 Å². The molecule has 0 atom stereocenters. The number of aromatic amines is 1. The van der Waals surface area contributed by atoms with E-state index in [1.165, 1.54) is 5.39 Å². The lowest BCUT2D eigenvalue weighted by Gasteiger charge is -1.85. The van der Waals surface area contributed by atoms with Crippen LogP contribution in [0.4, 0.5) is 0 Å². The third-order valence-electron chi connectivity index (χ3n) is 1.81. The summed E-state index contributed by atoms with van der Waals surface area (Å²) in [6.07, 6.45) is 0.578. The average molecular weight is 141 g/mol. The average Bonchev–Trinajstić information content (AvgIpc) is 2.46. The van der Waals surface area contributed by atoms with Gasteiger partial charge in [0, 0.05) is 11.2 Å². The maximum atomic E-state index is 5.48. The summed E-state index contributed by atoms with van der Waals surface area (Å²) in [4.78, 5) is 3.22. The zero-order valence-electron chi connectivity index (χ0n) is 6.17. The van der Waals surface area contributed by atoms with E-state index >= 15 is 0 Å². The van der Waals surface area contributed by atoms with Gasteiger partial charge in [0.05, 0.1) is 7.85 Å². The second-order valence-corrected chi connectivity index (χ2v) is 2.59. The normalized spacial score (nSPS) is 10.5. The Hall–Kier alpha value is -1.18. The van der Waals surface area contributed by atoms with Gasteiger partial charge >= 0.3 is 0 Å². The molecule has 0 bridgehead atoms. The maximum absolute atomic E-state index is 5.48. The number of hydrogen-bond acceptors (Lipinski definition) is 0. The second-order valence-electron chi connectivity index (χ2n) is 2.59. The zero-order valence-corrected chi connectivity index (χ0v) is 6.17. The molecule has 0 saturated carbocycles. The lowest BCUT2D eigenvalue weighted by Crippen LogP contribution is -1.79. The number of H-pyrrole nitrogens is 1. The molecule has 2 aromatic rings. The molecular weight excluding hydrogens is 133 g/mol. The summed E-state index contributed by atoms with van der Waals surface area (Å²) in [6.45, 7) is 0. The Balaban J connectivity index is 2.69. The first-order chi connectivity index (χ1) is 5.40. The molecule has 2 rings (SSSR count). The molecule has 11 heavy (non-hydrogen) atoms. The van der Waals surface area contributed by atoms with Crippen LogP contribution in [0, 0.1) is 0 Å². The molecule has 2 radical (unpaired) electrons. The highest BCUT2D eigenvalue weighted by molar-refractivity contribution is 6.08. The summed E-state index contributed by atoms with van der Waals surface area (Å²) < 4.78 is 0. The van der Waals surface area contributed by atoms with Crippen molar-refractivity contribution >= 4 is 18.7 Å². The Kier molecular flexibility index (Phi) is 1.46. The summed E-state index contributed by atoms with van der Waals surface area (Å²) in [6, 6.07) is 10.2. The Morgan fingerprint density at radius 2 is 2.09 bits per heavy atom. The SMILES string of the molecule is [B]Cc1cc2ccccc2[nH]1. The fourth-order valence-electron chi connectivity index (χ4n) is 1.24. The molecular formula is C9H8BN. The fourth-order valence-corrected chi connectivity index (χ4v) is 1.24. The molecule has 0 fully saturated rings. The minimum absolute atomic E-state index is 0.578. The van der Waals surface area contributed by atoms with Crippen molar-refractivity contribution in [3.05, 3.63) is 36.0 Å². The standard InChI is InChI=1S/C9H8BN/c10-6-8-5-7-3-1-2-4-9(7)11-8/h1-5,11H,6H2. The lowest BCUT2D eigenvalue weighted by molar-refractivity contribution is 1.25. The van der Waals surface area contributed by atoms with Crippen LogP contribution in [-0.2, 0) is 6.32 Å². The van der Waals surface area contributed by atoms with Gasteiger partial charge in [-0.05, 0) is 23.8 Å². The highest BCUT2D eigenvalue weighted by Gasteiger charge is 1.95. The summed E-state index contributed by atoms with van der Waals surface area (Å²) in [5, 5.41) is 1.23. The van der Waals surface area contributed by atoms with Crippen molar-refractivity contribution in [2.45, 2.75) is 6.32 Å². The summed E-state index contributed by atoms with van der Waals surface area (Å²) in [5.41, 5.74) is 2.25. The summed E-state index contributed by atoms with van der Waals surface area (Å²) in [7, 11) is 5.48. The van der Waals surface area contributed by atoms with Gasteiger partial charge in [0.1, 0.15) is 0 Å². The van der Waals surface area contributed by atoms with Crippen LogP contribution in [0.2, 0.25) is 0 Å². The molecule has 0 aliphatic heterocycles. The molecule has 1 heterocycles. The van der Waals surface area contributed by atoms with Gasteiger partial charge in [-0.3, -0.25) is 0 Å². The smallest absolute Gasteiger partial charge is 0.0736 e. The number of aromatic nitrogens is 1. The molecule has 1 aromatic carbocycles. The number of rotatable bonds is 1. The number of para-hydroxylation sites is 1. The summed E-state index contributed by atoms with van der Waals surface area (Å²) in [5.74, 6) is 0. The van der Waals surface area contributed by atoms with Gasteiger partial charge in [0.25, 0.3) is 0 Å². The predicted octanol–water partition coefficient (Wildman–Crippen LogP) is 1.84. The van der Waals surface area contributed by atoms with Crippen molar-refractivity contribution < 1.29 is 0 Å². The fraction of sp³-hybridized carbons (Fsp3) is 0.111. The highest BCUT2D eigenvalue weighted by atomic mass is 14.7. The third-order valence-corrected chi connectivity index (χ3v) is 1.81. The van der Waals surface area contributed by atoms with Crippen molar-refractivity contribution in [3.63, 3.8) is 0 Å². The van der Waals surface area contributed by atoms with Gasteiger partial charge in [-0.15, -0.1) is 0 Å². The van der Waals surface area contributed by atoms with E-state index in [2.05, 4.69) is 23.2 Å². The maximum Gasteiger partial charge on any atom is 0.0736 e. The van der Waals surface area contributed by atoms with Crippen LogP contribution in [0.3, 0.4) is 0 Å². The molecule has 1 nitrogen and oxygen atoms in total. The molecule has 2 heteroatoms. The molecule has 0 unspecified atom stereocenters. The zero-order chi connectivity index (χ0) is 7.68. The third kappa shape index (κ3) is 1.05. The molecule has 1 aromatic heterocycles. The lowest BCUT2D eigenvalue weighted by atomic mass is 10.0. The van der Waals surface area contributed by atoms with Crippen molar-refractivity contribution in [2.75, 3.05) is 0 Å². The largest absolute Gasteiger partial charge is 0.359 e. The van der Waals surface area contributed by atoms with E-state index in [9.17, 15) is 0 Å². The first-order valence-corrected chi connectivity index (χ1v) is 3.67. The van der Waals surface area contributed by atoms with Gasteiger partial charge in [0.15, 0.2) is 0 Å². The quantitative estimate of drug-likeness (QED) is 0.583. The van der Waals surface area contributed by atoms with Crippen LogP contribution in [0.5, 0.6) is 0 Å². The monoisotopic (exact) mass is 141 g/mol. The number of benzene rings is 1. The Bertz CT molecular complexity index is 331. The van der Waals surface area contributed by atoms with Crippen LogP contribution in [-0.4, -0.2) is 12.8 Å². The summed E-state index contributed by atoms with van der Waals surface area (Å²) >= 11 is 0. The van der Waals surface area contributed by atoms with E-state index < -0.39 is 0 Å². The van der Waals surface area contributed by atoms with Crippen molar-refractivity contribution in [1.82, 2.24) is 4.98 Å². The molecule has 0 saturated heterocycles. The van der Waals surface area contributed by atoms with E-state index in [-0.39, 0.29) is 0 Å². The van der Waals surface area contributed by atoms with E-state index in [0.717, 1.165) is 11.2 Å². The number of hydrogen-bond donors (Lipinski definition) is 1. The van der Waals surface area contributed by atoms with E-state index in [4.69, 9.17) is 7.85 Å². The second kappa shape index (κ2) is 2.46. The van der Waals surface area contributed by atoms with Crippen LogP contribution < -0.4 is 0 Å². The van der Waals surface area contributed by atoms with Crippen LogP contribution in [0.25, 0.3) is 10.9 Å². The minimum atomic E-state index is 0.578. The van der Waals surface area contributed by atoms with E-state index in [1.54, 1.807) is 0 Å². The number of nitrogens with one attached hydrogen (secondary N) is 1. The molecule has 0 aliphatic rings. The van der Waals surface area contributed by atoms with Crippen molar-refractivity contribution in [2.24, 2.45) is 0 Å². The van der Waals surface area contributed by atoms with Gasteiger partial charge < -0.3 is 4.98 Å². The van der Waals surface area contributed by atoms with Gasteiger partial charge in [-0.1, -0.05) is 18.2 Å². The van der Waals surface area contributed by atoms with Crippen molar-refractivity contribution in [3.8, 4) is 0 Å². The first-order valence-electron chi connectivity index (χ1n) is 3.67. The van der Waals surface area contributed by atoms with Gasteiger partial charge in [0.2, 0.25) is 0 Å². The minimum Gasteiger partial charge on any atom is -0.359 e. The predicted molar refractivity (Wildman–Crippen MR) is 47.8 cm³/mol. The Morgan fingerprint density at radius 3 is 2.82 bits per heavy atom. The molecule has 52 valence electrons. The van der Waals surface area contributed by atoms with Gasteiger partial charge in [-0.25, -0.2) is 0 Å². The molecule has 1 N–H and O–H groups in total.